The molecule has 23 heavy (non-hydrogen) atoms. The number of nitrogens with one attached hydrogen (secondary N) is 1. The van der Waals surface area contributed by atoms with E-state index in [9.17, 15) is 4.79 Å². The predicted molar refractivity (Wildman–Crippen MR) is 87.1 cm³/mol. The van der Waals surface area contributed by atoms with E-state index in [1.165, 1.54) is 0 Å². The number of rotatable bonds is 5. The van der Waals surface area contributed by atoms with Gasteiger partial charge in [0.05, 0.1) is 12.0 Å². The lowest BCUT2D eigenvalue weighted by atomic mass is 10.1. The van der Waals surface area contributed by atoms with Gasteiger partial charge in [0.15, 0.2) is 0 Å². The van der Waals surface area contributed by atoms with Crippen LogP contribution in [0.25, 0.3) is 5.69 Å². The molecule has 1 atom stereocenters. The van der Waals surface area contributed by atoms with Crippen molar-refractivity contribution in [1.29, 1.82) is 0 Å². The zero-order chi connectivity index (χ0) is 16.2. The first-order valence-electron chi connectivity index (χ1n) is 7.50. The quantitative estimate of drug-likeness (QED) is 0.786. The van der Waals surface area contributed by atoms with E-state index in [0.29, 0.717) is 6.54 Å². The van der Waals surface area contributed by atoms with Gasteiger partial charge in [-0.2, -0.15) is 0 Å². The van der Waals surface area contributed by atoms with Crippen molar-refractivity contribution >= 4 is 5.91 Å². The fourth-order valence-electron chi connectivity index (χ4n) is 2.49. The van der Waals surface area contributed by atoms with Crippen LogP contribution < -0.4 is 5.32 Å². The van der Waals surface area contributed by atoms with Gasteiger partial charge in [-0.3, -0.25) is 4.79 Å². The number of amides is 1. The number of hydrogen-bond acceptors (Lipinski definition) is 3. The molecular formula is C17H19N5O. The standard InChI is InChI=1S/C17H19N5O/c1-13(21-9-7-18-12-21)17(23)20-11-15-5-3-4-6-16(15)22-10-8-19-14(22)2/h3-10,12-13H,11H2,1-2H3,(H,20,23)/t13-/m1/s1. The van der Waals surface area contributed by atoms with Crippen molar-refractivity contribution in [3.63, 3.8) is 0 Å². The third-order valence-corrected chi connectivity index (χ3v) is 3.88. The second kappa shape index (κ2) is 6.48. The highest BCUT2D eigenvalue weighted by Crippen LogP contribution is 2.16. The Morgan fingerprint density at radius 3 is 2.78 bits per heavy atom. The molecule has 0 unspecified atom stereocenters. The van der Waals surface area contributed by atoms with Crippen molar-refractivity contribution in [2.45, 2.75) is 26.4 Å². The van der Waals surface area contributed by atoms with Crippen LogP contribution in [0.4, 0.5) is 0 Å². The zero-order valence-corrected chi connectivity index (χ0v) is 13.2. The van der Waals surface area contributed by atoms with Crippen LogP contribution in [0.3, 0.4) is 0 Å². The molecule has 0 radical (unpaired) electrons. The second-order valence-corrected chi connectivity index (χ2v) is 5.38. The molecule has 0 fully saturated rings. The molecule has 118 valence electrons. The first-order valence-corrected chi connectivity index (χ1v) is 7.50. The molecule has 0 bridgehead atoms. The number of aromatic nitrogens is 4. The minimum absolute atomic E-state index is 0.0415. The molecule has 2 heterocycles. The first kappa shape index (κ1) is 15.0. The number of carbonyl (C=O) groups excluding carboxylic acids is 1. The summed E-state index contributed by atoms with van der Waals surface area (Å²) in [5.74, 6) is 0.871. The van der Waals surface area contributed by atoms with Crippen LogP contribution >= 0.6 is 0 Å². The average Bonchev–Trinajstić information content (AvgIpc) is 3.23. The highest BCUT2D eigenvalue weighted by Gasteiger charge is 2.14. The SMILES string of the molecule is Cc1nccn1-c1ccccc1CNC(=O)[C@@H](C)n1ccnc1. The Hall–Kier alpha value is -2.89. The predicted octanol–water partition coefficient (Wildman–Crippen LogP) is 2.25. The van der Waals surface area contributed by atoms with Crippen LogP contribution in [-0.4, -0.2) is 25.0 Å². The molecule has 3 rings (SSSR count). The number of hydrogen-bond donors (Lipinski definition) is 1. The minimum atomic E-state index is -0.292. The van der Waals surface area contributed by atoms with Crippen LogP contribution in [0.1, 0.15) is 24.4 Å². The van der Waals surface area contributed by atoms with Gasteiger partial charge in [0.1, 0.15) is 11.9 Å². The largest absolute Gasteiger partial charge is 0.350 e. The van der Waals surface area contributed by atoms with Gasteiger partial charge in [0, 0.05) is 31.3 Å². The number of carbonyl (C=O) groups is 1. The van der Waals surface area contributed by atoms with Crippen LogP contribution in [0.2, 0.25) is 0 Å². The van der Waals surface area contributed by atoms with Crippen molar-refractivity contribution in [3.05, 3.63) is 66.8 Å². The summed E-state index contributed by atoms with van der Waals surface area (Å²) in [5.41, 5.74) is 2.07. The molecule has 0 aliphatic carbocycles. The van der Waals surface area contributed by atoms with E-state index in [0.717, 1.165) is 17.1 Å². The van der Waals surface area contributed by atoms with E-state index in [1.54, 1.807) is 29.5 Å². The van der Waals surface area contributed by atoms with Crippen molar-refractivity contribution < 1.29 is 4.79 Å². The number of para-hydroxylation sites is 1. The Balaban J connectivity index is 1.74. The fraction of sp³-hybridized carbons (Fsp3) is 0.235. The number of aryl methyl sites for hydroxylation is 1. The van der Waals surface area contributed by atoms with Crippen LogP contribution in [0, 0.1) is 6.92 Å². The molecule has 1 aromatic carbocycles. The van der Waals surface area contributed by atoms with Gasteiger partial charge in [0.2, 0.25) is 5.91 Å². The average molecular weight is 309 g/mol. The number of nitrogens with zero attached hydrogens (tertiary/aromatic N) is 4. The van der Waals surface area contributed by atoms with E-state index in [1.807, 2.05) is 48.9 Å². The summed E-state index contributed by atoms with van der Waals surface area (Å²) in [6.45, 7) is 4.27. The summed E-state index contributed by atoms with van der Waals surface area (Å²) in [7, 11) is 0. The molecule has 0 aliphatic rings. The van der Waals surface area contributed by atoms with E-state index in [4.69, 9.17) is 0 Å². The first-order chi connectivity index (χ1) is 11.2. The molecule has 1 N–H and O–H groups in total. The molecule has 0 spiro atoms. The summed E-state index contributed by atoms with van der Waals surface area (Å²) < 4.78 is 3.79. The lowest BCUT2D eigenvalue weighted by Crippen LogP contribution is -2.30. The molecule has 0 saturated carbocycles. The van der Waals surface area contributed by atoms with Crippen molar-refractivity contribution in [2.24, 2.45) is 0 Å². The maximum absolute atomic E-state index is 12.3. The molecule has 0 aliphatic heterocycles. The lowest BCUT2D eigenvalue weighted by Gasteiger charge is -2.16. The van der Waals surface area contributed by atoms with Crippen molar-refractivity contribution in [2.75, 3.05) is 0 Å². The Morgan fingerprint density at radius 2 is 2.09 bits per heavy atom. The third-order valence-electron chi connectivity index (χ3n) is 3.88. The summed E-state index contributed by atoms with van der Waals surface area (Å²) >= 11 is 0. The summed E-state index contributed by atoms with van der Waals surface area (Å²) in [5, 5.41) is 2.99. The Kier molecular flexibility index (Phi) is 4.23. The molecule has 1 amide bonds. The van der Waals surface area contributed by atoms with Crippen LogP contribution in [0.5, 0.6) is 0 Å². The molecular weight excluding hydrogens is 290 g/mol. The van der Waals surface area contributed by atoms with Crippen molar-refractivity contribution in [3.8, 4) is 5.69 Å². The molecule has 6 heteroatoms. The van der Waals surface area contributed by atoms with Gasteiger partial charge in [-0.15, -0.1) is 0 Å². The smallest absolute Gasteiger partial charge is 0.243 e. The number of benzene rings is 1. The maximum atomic E-state index is 12.3. The van der Waals surface area contributed by atoms with E-state index >= 15 is 0 Å². The summed E-state index contributed by atoms with van der Waals surface area (Å²) in [6, 6.07) is 7.69. The zero-order valence-electron chi connectivity index (χ0n) is 13.2. The lowest BCUT2D eigenvalue weighted by molar-refractivity contribution is -0.124. The third kappa shape index (κ3) is 3.15. The second-order valence-electron chi connectivity index (χ2n) is 5.38. The van der Waals surface area contributed by atoms with Gasteiger partial charge in [-0.1, -0.05) is 18.2 Å². The van der Waals surface area contributed by atoms with Crippen LogP contribution in [0.15, 0.2) is 55.4 Å². The van der Waals surface area contributed by atoms with E-state index in [2.05, 4.69) is 15.3 Å². The Morgan fingerprint density at radius 1 is 1.26 bits per heavy atom. The summed E-state index contributed by atoms with van der Waals surface area (Å²) in [4.78, 5) is 20.5. The topological polar surface area (TPSA) is 64.7 Å². The molecule has 2 aromatic heterocycles. The molecule has 0 saturated heterocycles. The van der Waals surface area contributed by atoms with Gasteiger partial charge in [-0.25, -0.2) is 9.97 Å². The maximum Gasteiger partial charge on any atom is 0.243 e. The monoisotopic (exact) mass is 309 g/mol. The fourth-order valence-corrected chi connectivity index (χ4v) is 2.49. The van der Waals surface area contributed by atoms with Crippen LogP contribution in [-0.2, 0) is 11.3 Å². The van der Waals surface area contributed by atoms with E-state index in [-0.39, 0.29) is 11.9 Å². The summed E-state index contributed by atoms with van der Waals surface area (Å²) in [6.07, 6.45) is 8.79. The van der Waals surface area contributed by atoms with Gasteiger partial charge in [0.25, 0.3) is 0 Å². The highest BCUT2D eigenvalue weighted by atomic mass is 16.2. The Labute approximate surface area is 134 Å². The molecule has 6 nitrogen and oxygen atoms in total. The van der Waals surface area contributed by atoms with Crippen molar-refractivity contribution in [1.82, 2.24) is 24.4 Å². The van der Waals surface area contributed by atoms with Gasteiger partial charge < -0.3 is 14.5 Å². The van der Waals surface area contributed by atoms with Gasteiger partial charge >= 0.3 is 0 Å². The molecule has 3 aromatic rings. The highest BCUT2D eigenvalue weighted by molar-refractivity contribution is 5.79. The Bertz CT molecular complexity index is 791. The minimum Gasteiger partial charge on any atom is -0.350 e. The van der Waals surface area contributed by atoms with E-state index < -0.39 is 0 Å². The normalized spacial score (nSPS) is 12.1. The van der Waals surface area contributed by atoms with Gasteiger partial charge in [-0.05, 0) is 25.5 Å². The number of imidazole rings is 2.